The first-order valence-electron chi connectivity index (χ1n) is 4.52. The molecule has 3 heteroatoms. The molecule has 2 nitrogen and oxygen atoms in total. The molecule has 1 saturated heterocycles. The van der Waals surface area contributed by atoms with Gasteiger partial charge in [0.2, 0.25) is 0 Å². The molecule has 1 aliphatic heterocycles. The third-order valence-electron chi connectivity index (χ3n) is 2.43. The molecule has 66 valence electrons. The summed E-state index contributed by atoms with van der Waals surface area (Å²) in [7, 11) is 0. The van der Waals surface area contributed by atoms with Crippen LogP contribution in [0.1, 0.15) is 17.5 Å². The van der Waals surface area contributed by atoms with Crippen LogP contribution in [0.5, 0.6) is 0 Å². The number of rotatable bonds is 1. The standard InChI is InChI=1S/C10H10N2S/c1-2-4-9-7(3-1)12-10(13-9)8-5-6-11-8/h1-4,8,11H,5-6H2. The molecule has 1 atom stereocenters. The van der Waals surface area contributed by atoms with Crippen LogP contribution in [0.15, 0.2) is 24.3 Å². The van der Waals surface area contributed by atoms with Crippen molar-refractivity contribution in [1.29, 1.82) is 0 Å². The predicted octanol–water partition coefficient (Wildman–Crippen LogP) is 2.33. The Hall–Kier alpha value is -0.930. The van der Waals surface area contributed by atoms with Gasteiger partial charge in [0.15, 0.2) is 0 Å². The number of nitrogens with zero attached hydrogens (tertiary/aromatic N) is 1. The number of aromatic nitrogens is 1. The molecule has 2 heterocycles. The van der Waals surface area contributed by atoms with Crippen molar-refractivity contribution in [2.24, 2.45) is 0 Å². The van der Waals surface area contributed by atoms with E-state index in [1.165, 1.54) is 16.1 Å². The first-order valence-corrected chi connectivity index (χ1v) is 5.34. The summed E-state index contributed by atoms with van der Waals surface area (Å²) >= 11 is 1.81. The van der Waals surface area contributed by atoms with Crippen molar-refractivity contribution in [3.05, 3.63) is 29.3 Å². The molecule has 0 saturated carbocycles. The van der Waals surface area contributed by atoms with Gasteiger partial charge in [-0.3, -0.25) is 0 Å². The Morgan fingerprint density at radius 1 is 1.38 bits per heavy atom. The fourth-order valence-corrected chi connectivity index (χ4v) is 2.62. The monoisotopic (exact) mass is 190 g/mol. The molecule has 1 N–H and O–H groups in total. The van der Waals surface area contributed by atoms with Gasteiger partial charge in [0.1, 0.15) is 5.01 Å². The maximum absolute atomic E-state index is 4.59. The molecule has 1 aromatic heterocycles. The second-order valence-corrected chi connectivity index (χ2v) is 4.38. The molecule has 1 aromatic carbocycles. The van der Waals surface area contributed by atoms with Crippen LogP contribution in [0.25, 0.3) is 10.2 Å². The van der Waals surface area contributed by atoms with Gasteiger partial charge in [-0.15, -0.1) is 11.3 Å². The van der Waals surface area contributed by atoms with Gasteiger partial charge in [0.05, 0.1) is 16.3 Å². The highest BCUT2D eigenvalue weighted by Crippen LogP contribution is 2.30. The van der Waals surface area contributed by atoms with Crippen molar-refractivity contribution < 1.29 is 0 Å². The van der Waals surface area contributed by atoms with Crippen molar-refractivity contribution >= 4 is 21.6 Å². The van der Waals surface area contributed by atoms with Crippen molar-refractivity contribution in [3.63, 3.8) is 0 Å². The van der Waals surface area contributed by atoms with Crippen LogP contribution in [-0.2, 0) is 0 Å². The highest BCUT2D eigenvalue weighted by Gasteiger charge is 2.21. The van der Waals surface area contributed by atoms with Crippen LogP contribution in [-0.4, -0.2) is 11.5 Å². The van der Waals surface area contributed by atoms with Gasteiger partial charge < -0.3 is 5.32 Å². The van der Waals surface area contributed by atoms with E-state index in [1.807, 2.05) is 17.4 Å². The van der Waals surface area contributed by atoms with E-state index in [-0.39, 0.29) is 0 Å². The molecule has 0 aliphatic carbocycles. The van der Waals surface area contributed by atoms with E-state index in [1.54, 1.807) is 0 Å². The van der Waals surface area contributed by atoms with E-state index in [4.69, 9.17) is 0 Å². The topological polar surface area (TPSA) is 24.9 Å². The quantitative estimate of drug-likeness (QED) is 0.746. The van der Waals surface area contributed by atoms with Gasteiger partial charge in [0, 0.05) is 0 Å². The number of para-hydroxylation sites is 1. The van der Waals surface area contributed by atoms with Crippen LogP contribution < -0.4 is 5.32 Å². The maximum Gasteiger partial charge on any atom is 0.111 e. The third kappa shape index (κ3) is 1.16. The van der Waals surface area contributed by atoms with Crippen LogP contribution in [0.4, 0.5) is 0 Å². The fraction of sp³-hybridized carbons (Fsp3) is 0.300. The van der Waals surface area contributed by atoms with Gasteiger partial charge in [-0.05, 0) is 25.1 Å². The Morgan fingerprint density at radius 3 is 2.92 bits per heavy atom. The number of nitrogens with one attached hydrogen (secondary N) is 1. The molecule has 0 spiro atoms. The van der Waals surface area contributed by atoms with E-state index in [0.29, 0.717) is 6.04 Å². The second kappa shape index (κ2) is 2.79. The van der Waals surface area contributed by atoms with Gasteiger partial charge in [-0.25, -0.2) is 4.98 Å². The van der Waals surface area contributed by atoms with Crippen molar-refractivity contribution in [2.75, 3.05) is 6.54 Å². The zero-order valence-corrected chi connectivity index (χ0v) is 7.97. The maximum atomic E-state index is 4.59. The Morgan fingerprint density at radius 2 is 2.23 bits per heavy atom. The number of hydrogen-bond acceptors (Lipinski definition) is 3. The summed E-state index contributed by atoms with van der Waals surface area (Å²) in [4.78, 5) is 4.59. The molecule has 0 amide bonds. The highest BCUT2D eigenvalue weighted by molar-refractivity contribution is 7.18. The number of fused-ring (bicyclic) bond motifs is 1. The summed E-state index contributed by atoms with van der Waals surface area (Å²) in [6.45, 7) is 1.14. The first-order chi connectivity index (χ1) is 6.43. The van der Waals surface area contributed by atoms with Crippen LogP contribution in [0.3, 0.4) is 0 Å². The summed E-state index contributed by atoms with van der Waals surface area (Å²) in [6, 6.07) is 8.85. The average Bonchev–Trinajstić information content (AvgIpc) is 2.43. The van der Waals surface area contributed by atoms with Gasteiger partial charge in [-0.2, -0.15) is 0 Å². The first kappa shape index (κ1) is 7.47. The predicted molar refractivity (Wildman–Crippen MR) is 55.0 cm³/mol. The molecule has 0 radical (unpaired) electrons. The molecule has 1 fully saturated rings. The lowest BCUT2D eigenvalue weighted by molar-refractivity contribution is 0.382. The van der Waals surface area contributed by atoms with Gasteiger partial charge in [0.25, 0.3) is 0 Å². The molecule has 13 heavy (non-hydrogen) atoms. The lowest BCUT2D eigenvalue weighted by atomic mass is 10.1. The largest absolute Gasteiger partial charge is 0.308 e. The Balaban J connectivity index is 2.10. The number of hydrogen-bond donors (Lipinski definition) is 1. The molecule has 0 bridgehead atoms. The zero-order chi connectivity index (χ0) is 8.67. The number of thiazole rings is 1. The molecular formula is C10H10N2S. The summed E-state index contributed by atoms with van der Waals surface area (Å²) < 4.78 is 1.30. The van der Waals surface area contributed by atoms with Crippen molar-refractivity contribution in [3.8, 4) is 0 Å². The molecular weight excluding hydrogens is 180 g/mol. The van der Waals surface area contributed by atoms with E-state index in [9.17, 15) is 0 Å². The molecule has 1 unspecified atom stereocenters. The normalized spacial score (nSPS) is 21.7. The van der Waals surface area contributed by atoms with E-state index in [2.05, 4.69) is 28.5 Å². The Bertz CT molecular complexity index is 398. The minimum Gasteiger partial charge on any atom is -0.308 e. The van der Waals surface area contributed by atoms with E-state index in [0.717, 1.165) is 12.1 Å². The average molecular weight is 190 g/mol. The summed E-state index contributed by atoms with van der Waals surface area (Å²) in [5.41, 5.74) is 1.14. The van der Waals surface area contributed by atoms with Crippen LogP contribution >= 0.6 is 11.3 Å². The molecule has 2 aromatic rings. The molecule has 1 aliphatic rings. The fourth-order valence-electron chi connectivity index (χ4n) is 1.54. The summed E-state index contributed by atoms with van der Waals surface area (Å²) in [5.74, 6) is 0. The van der Waals surface area contributed by atoms with Crippen molar-refractivity contribution in [2.45, 2.75) is 12.5 Å². The zero-order valence-electron chi connectivity index (χ0n) is 7.16. The summed E-state index contributed by atoms with van der Waals surface area (Å²) in [5, 5.41) is 4.61. The highest BCUT2D eigenvalue weighted by atomic mass is 32.1. The third-order valence-corrected chi connectivity index (χ3v) is 3.58. The lowest BCUT2D eigenvalue weighted by Crippen LogP contribution is -2.34. The second-order valence-electron chi connectivity index (χ2n) is 3.32. The lowest BCUT2D eigenvalue weighted by Gasteiger charge is -2.25. The SMILES string of the molecule is c1ccc2sc(C3CCN3)nc2c1. The smallest absolute Gasteiger partial charge is 0.111 e. The summed E-state index contributed by atoms with van der Waals surface area (Å²) in [6.07, 6.45) is 1.24. The van der Waals surface area contributed by atoms with Gasteiger partial charge in [-0.1, -0.05) is 12.1 Å². The minimum absolute atomic E-state index is 0.525. The van der Waals surface area contributed by atoms with Crippen LogP contribution in [0.2, 0.25) is 0 Å². The Labute approximate surface area is 80.6 Å². The van der Waals surface area contributed by atoms with E-state index >= 15 is 0 Å². The minimum atomic E-state index is 0.525. The van der Waals surface area contributed by atoms with Crippen molar-refractivity contribution in [1.82, 2.24) is 10.3 Å². The Kier molecular flexibility index (Phi) is 1.60. The van der Waals surface area contributed by atoms with Crippen LogP contribution in [0, 0.1) is 0 Å². The molecule has 3 rings (SSSR count). The number of benzene rings is 1. The van der Waals surface area contributed by atoms with Gasteiger partial charge >= 0.3 is 0 Å². The van der Waals surface area contributed by atoms with E-state index < -0.39 is 0 Å².